The van der Waals surface area contributed by atoms with Gasteiger partial charge in [-0.1, -0.05) is 276 Å². The van der Waals surface area contributed by atoms with Gasteiger partial charge in [-0.05, 0) is 70.6 Å². The minimum Gasteiger partial charge on any atom is -0.462 e. The number of rotatable bonds is 56. The summed E-state index contributed by atoms with van der Waals surface area (Å²) in [5.74, 6) is -0.874. The van der Waals surface area contributed by atoms with Gasteiger partial charge in [-0.15, -0.1) is 0 Å². The van der Waals surface area contributed by atoms with Crippen molar-refractivity contribution in [2.75, 3.05) is 13.2 Å². The highest BCUT2D eigenvalue weighted by Crippen LogP contribution is 2.17. The summed E-state index contributed by atoms with van der Waals surface area (Å²) in [5, 5.41) is 0. The molecule has 0 rings (SSSR count). The number of hydrogen-bond donors (Lipinski definition) is 0. The maximum atomic E-state index is 12.9. The van der Waals surface area contributed by atoms with E-state index in [4.69, 9.17) is 14.2 Å². The minimum atomic E-state index is -0.778. The maximum Gasteiger partial charge on any atom is 0.306 e. The Kier molecular flexibility index (Phi) is 56.2. The van der Waals surface area contributed by atoms with Crippen molar-refractivity contribution in [3.8, 4) is 0 Å². The van der Waals surface area contributed by atoms with Crippen molar-refractivity contribution in [2.45, 2.75) is 335 Å². The molecule has 0 saturated heterocycles. The lowest BCUT2D eigenvalue weighted by Gasteiger charge is -2.18. The van der Waals surface area contributed by atoms with Crippen LogP contribution in [0, 0.1) is 0 Å². The van der Waals surface area contributed by atoms with Crippen LogP contribution in [0.3, 0.4) is 0 Å². The Hall–Kier alpha value is -2.37. The van der Waals surface area contributed by atoms with Crippen LogP contribution in [0.5, 0.6) is 0 Å². The molecule has 0 aliphatic carbocycles. The zero-order valence-corrected chi connectivity index (χ0v) is 46.3. The summed E-state index contributed by atoms with van der Waals surface area (Å²) in [6.45, 7) is 6.61. The number of ether oxygens (including phenoxy) is 3. The number of unbranched alkanes of at least 4 members (excludes halogenated alkanes) is 39. The Labute approximate surface area is 429 Å². The number of carbonyl (C=O) groups excluding carboxylic acids is 3. The summed E-state index contributed by atoms with van der Waals surface area (Å²) in [5.41, 5.74) is 0. The standard InChI is InChI=1S/C63H116O6/c1-4-7-10-13-16-19-22-25-27-29-30-31-32-34-35-38-41-44-47-50-53-56-62(65)68-59-60(58-67-61(64)55-52-49-46-43-40-37-24-21-18-15-12-9-6-3)69-63(66)57-54-51-48-45-42-39-36-33-28-26-23-20-17-14-11-8-5-2/h12,15,21,24,26,28,60H,4-11,13-14,16-20,22-23,25,27,29-59H2,1-3H3/b15-12-,24-21-,28-26-. The largest absolute Gasteiger partial charge is 0.462 e. The van der Waals surface area contributed by atoms with E-state index in [-0.39, 0.29) is 31.1 Å². The summed E-state index contributed by atoms with van der Waals surface area (Å²) in [6, 6.07) is 0. The number of esters is 3. The Balaban J connectivity index is 4.29. The molecular weight excluding hydrogens is 853 g/mol. The Morgan fingerprint density at radius 1 is 0.290 bits per heavy atom. The molecule has 0 spiro atoms. The highest BCUT2D eigenvalue weighted by Gasteiger charge is 2.19. The molecule has 0 fully saturated rings. The Morgan fingerprint density at radius 2 is 0.551 bits per heavy atom. The summed E-state index contributed by atoms with van der Waals surface area (Å²) in [7, 11) is 0. The summed E-state index contributed by atoms with van der Waals surface area (Å²) in [6.07, 6.45) is 70.0. The first kappa shape index (κ1) is 66.6. The predicted molar refractivity (Wildman–Crippen MR) is 298 cm³/mol. The Bertz CT molecular complexity index is 1160. The van der Waals surface area contributed by atoms with E-state index in [2.05, 4.69) is 57.2 Å². The van der Waals surface area contributed by atoms with E-state index in [0.717, 1.165) is 83.5 Å². The molecule has 0 amide bonds. The molecule has 0 heterocycles. The van der Waals surface area contributed by atoms with Crippen molar-refractivity contribution in [2.24, 2.45) is 0 Å². The van der Waals surface area contributed by atoms with Gasteiger partial charge in [-0.25, -0.2) is 0 Å². The first-order valence-corrected chi connectivity index (χ1v) is 30.5. The van der Waals surface area contributed by atoms with Gasteiger partial charge in [0.05, 0.1) is 0 Å². The topological polar surface area (TPSA) is 78.9 Å². The average Bonchev–Trinajstić information content (AvgIpc) is 3.35. The van der Waals surface area contributed by atoms with Gasteiger partial charge in [0.25, 0.3) is 0 Å². The van der Waals surface area contributed by atoms with Gasteiger partial charge < -0.3 is 14.2 Å². The summed E-state index contributed by atoms with van der Waals surface area (Å²) >= 11 is 0. The van der Waals surface area contributed by atoms with Crippen LogP contribution in [0.2, 0.25) is 0 Å². The zero-order chi connectivity index (χ0) is 50.0. The number of hydrogen-bond acceptors (Lipinski definition) is 6. The van der Waals surface area contributed by atoms with Crippen molar-refractivity contribution in [3.05, 3.63) is 36.5 Å². The predicted octanol–water partition coefficient (Wildman–Crippen LogP) is 20.4. The maximum absolute atomic E-state index is 12.9. The molecule has 0 aliphatic heterocycles. The van der Waals surface area contributed by atoms with E-state index < -0.39 is 6.10 Å². The van der Waals surface area contributed by atoms with Crippen LogP contribution in [0.1, 0.15) is 329 Å². The van der Waals surface area contributed by atoms with E-state index in [1.165, 1.54) is 205 Å². The second kappa shape index (κ2) is 58.2. The third-order valence-corrected chi connectivity index (χ3v) is 13.6. The first-order chi connectivity index (χ1) is 34.0. The average molecular weight is 970 g/mol. The molecule has 1 atom stereocenters. The van der Waals surface area contributed by atoms with Crippen LogP contribution in [0.4, 0.5) is 0 Å². The van der Waals surface area contributed by atoms with Gasteiger partial charge >= 0.3 is 17.9 Å². The molecule has 0 aromatic heterocycles. The second-order valence-electron chi connectivity index (χ2n) is 20.6. The van der Waals surface area contributed by atoms with Gasteiger partial charge in [-0.2, -0.15) is 0 Å². The van der Waals surface area contributed by atoms with E-state index in [1.54, 1.807) is 0 Å². The number of carbonyl (C=O) groups is 3. The van der Waals surface area contributed by atoms with E-state index in [1.807, 2.05) is 0 Å². The summed E-state index contributed by atoms with van der Waals surface area (Å²) in [4.78, 5) is 38.2. The van der Waals surface area contributed by atoms with Gasteiger partial charge in [0, 0.05) is 19.3 Å². The van der Waals surface area contributed by atoms with Crippen molar-refractivity contribution in [3.63, 3.8) is 0 Å². The van der Waals surface area contributed by atoms with Gasteiger partial charge in [-0.3, -0.25) is 14.4 Å². The van der Waals surface area contributed by atoms with E-state index in [9.17, 15) is 14.4 Å². The Morgan fingerprint density at radius 3 is 0.870 bits per heavy atom. The fourth-order valence-electron chi connectivity index (χ4n) is 9.01. The third kappa shape index (κ3) is 56.4. The molecule has 6 nitrogen and oxygen atoms in total. The molecule has 69 heavy (non-hydrogen) atoms. The van der Waals surface area contributed by atoms with Gasteiger partial charge in [0.2, 0.25) is 0 Å². The molecule has 0 bridgehead atoms. The fraction of sp³-hybridized carbons (Fsp3) is 0.857. The molecule has 1 unspecified atom stereocenters. The molecule has 0 N–H and O–H groups in total. The molecule has 0 aromatic rings. The molecule has 0 saturated carbocycles. The molecule has 0 aliphatic rings. The molecule has 6 heteroatoms. The van der Waals surface area contributed by atoms with E-state index >= 15 is 0 Å². The highest BCUT2D eigenvalue weighted by molar-refractivity contribution is 5.71. The summed E-state index contributed by atoms with van der Waals surface area (Å²) < 4.78 is 16.9. The van der Waals surface area contributed by atoms with Crippen LogP contribution in [-0.4, -0.2) is 37.2 Å². The lowest BCUT2D eigenvalue weighted by molar-refractivity contribution is -0.167. The van der Waals surface area contributed by atoms with Crippen molar-refractivity contribution >= 4 is 17.9 Å². The quantitative estimate of drug-likeness (QED) is 0.0261. The molecule has 0 aromatic carbocycles. The molecule has 0 radical (unpaired) electrons. The zero-order valence-electron chi connectivity index (χ0n) is 46.3. The third-order valence-electron chi connectivity index (χ3n) is 13.6. The van der Waals surface area contributed by atoms with Crippen LogP contribution in [0.15, 0.2) is 36.5 Å². The molecule has 404 valence electrons. The van der Waals surface area contributed by atoms with Crippen molar-refractivity contribution < 1.29 is 28.6 Å². The van der Waals surface area contributed by atoms with Crippen LogP contribution >= 0.6 is 0 Å². The van der Waals surface area contributed by atoms with Gasteiger partial charge in [0.15, 0.2) is 6.10 Å². The lowest BCUT2D eigenvalue weighted by atomic mass is 10.0. The minimum absolute atomic E-state index is 0.0746. The van der Waals surface area contributed by atoms with E-state index in [0.29, 0.717) is 19.3 Å². The fourth-order valence-corrected chi connectivity index (χ4v) is 9.01. The first-order valence-electron chi connectivity index (χ1n) is 30.5. The van der Waals surface area contributed by atoms with Crippen LogP contribution < -0.4 is 0 Å². The lowest BCUT2D eigenvalue weighted by Crippen LogP contribution is -2.30. The monoisotopic (exact) mass is 969 g/mol. The second-order valence-corrected chi connectivity index (χ2v) is 20.6. The van der Waals surface area contributed by atoms with Crippen molar-refractivity contribution in [1.82, 2.24) is 0 Å². The number of allylic oxidation sites excluding steroid dienone is 6. The van der Waals surface area contributed by atoms with Crippen LogP contribution in [-0.2, 0) is 28.6 Å². The van der Waals surface area contributed by atoms with Crippen molar-refractivity contribution in [1.29, 1.82) is 0 Å². The highest BCUT2D eigenvalue weighted by atomic mass is 16.6. The SMILES string of the molecule is CCC/C=C\C/C=C\CCCCCCCC(=O)OCC(COC(=O)CCCCCCCCCCCCCCCCCCCCCCC)OC(=O)CCCCCCCCC/C=C\CCCCCCCC. The van der Waals surface area contributed by atoms with Gasteiger partial charge in [0.1, 0.15) is 13.2 Å². The molecular formula is C63H116O6. The van der Waals surface area contributed by atoms with Crippen LogP contribution in [0.25, 0.3) is 0 Å². The smallest absolute Gasteiger partial charge is 0.306 e. The normalized spacial score (nSPS) is 12.2.